The van der Waals surface area contributed by atoms with Crippen molar-refractivity contribution in [2.24, 2.45) is 0 Å². The number of benzene rings is 2. The third-order valence-electron chi connectivity index (χ3n) is 3.80. The molecule has 0 saturated heterocycles. The number of ketones is 1. The van der Waals surface area contributed by atoms with Gasteiger partial charge in [-0.3, -0.25) is 9.36 Å². The van der Waals surface area contributed by atoms with Gasteiger partial charge in [0.2, 0.25) is 8.69 Å². The maximum atomic E-state index is 13.1. The number of rotatable bonds is 5. The van der Waals surface area contributed by atoms with Gasteiger partial charge in [-0.1, -0.05) is 36.8 Å². The molecule has 3 nitrogen and oxygen atoms in total. The summed E-state index contributed by atoms with van der Waals surface area (Å²) in [5.74, 6) is 0.351. The zero-order chi connectivity index (χ0) is 16.3. The molecular weight excluding hydrogens is 295 g/mol. The summed E-state index contributed by atoms with van der Waals surface area (Å²) in [5.41, 5.74) is 5.19. The van der Waals surface area contributed by atoms with Crippen LogP contribution in [0.1, 0.15) is 45.1 Å². The summed E-state index contributed by atoms with van der Waals surface area (Å²) >= 11 is 0. The highest BCUT2D eigenvalue weighted by Gasteiger charge is 2.21. The first kappa shape index (κ1) is 16.5. The fourth-order valence-corrected chi connectivity index (χ4v) is 3.24. The second kappa shape index (κ2) is 6.93. The topological polar surface area (TPSA) is 43.4 Å². The molecule has 116 valence electrons. The lowest BCUT2D eigenvalue weighted by atomic mass is 9.90. The third-order valence-corrected chi connectivity index (χ3v) is 4.15. The fourth-order valence-electron chi connectivity index (χ4n) is 2.94. The number of aryl methyl sites for hydroxylation is 4. The van der Waals surface area contributed by atoms with Gasteiger partial charge in [0.25, 0.3) is 0 Å². The summed E-state index contributed by atoms with van der Waals surface area (Å²) in [6, 6.07) is 9.46. The average molecular weight is 316 g/mol. The molecule has 0 saturated carbocycles. The highest BCUT2D eigenvalue weighted by molar-refractivity contribution is 7.17. The van der Waals surface area contributed by atoms with Gasteiger partial charge in [0, 0.05) is 5.56 Å². The smallest absolute Gasteiger partial charge is 0.225 e. The average Bonchev–Trinajstić information content (AvgIpc) is 2.46. The highest BCUT2D eigenvalue weighted by Crippen LogP contribution is 2.30. The van der Waals surface area contributed by atoms with Crippen molar-refractivity contribution in [1.29, 1.82) is 0 Å². The van der Waals surface area contributed by atoms with Crippen LogP contribution < -0.4 is 4.52 Å². The molecule has 0 aliphatic carbocycles. The molecule has 0 bridgehead atoms. The lowest BCUT2D eigenvalue weighted by Crippen LogP contribution is -2.10. The van der Waals surface area contributed by atoms with Crippen molar-refractivity contribution in [2.45, 2.75) is 34.1 Å². The highest BCUT2D eigenvalue weighted by atomic mass is 31.1. The standard InChI is InChI=1S/C18H21O3P/c1-5-14-7-6-8-15(21-22-20)17(14)18(19)16-12(3)9-11(2)10-13(16)4/h6-10H,5,22H2,1-4H3. The van der Waals surface area contributed by atoms with Crippen molar-refractivity contribution in [3.05, 3.63) is 63.7 Å². The van der Waals surface area contributed by atoms with Crippen molar-refractivity contribution in [3.63, 3.8) is 0 Å². The van der Waals surface area contributed by atoms with Crippen molar-refractivity contribution < 1.29 is 13.9 Å². The Labute approximate surface area is 132 Å². The Bertz CT molecular complexity index is 712. The number of carbonyl (C=O) groups excluding carboxylic acids is 1. The van der Waals surface area contributed by atoms with Gasteiger partial charge in [0.05, 0.1) is 5.56 Å². The summed E-state index contributed by atoms with van der Waals surface area (Å²) < 4.78 is 16.2. The van der Waals surface area contributed by atoms with E-state index in [1.54, 1.807) is 6.07 Å². The molecule has 2 aromatic rings. The van der Waals surface area contributed by atoms with Crippen LogP contribution in [0.2, 0.25) is 0 Å². The largest absolute Gasteiger partial charge is 0.446 e. The maximum Gasteiger partial charge on any atom is 0.225 e. The monoisotopic (exact) mass is 316 g/mol. The molecule has 1 unspecified atom stereocenters. The van der Waals surface area contributed by atoms with E-state index in [1.165, 1.54) is 0 Å². The maximum absolute atomic E-state index is 13.1. The van der Waals surface area contributed by atoms with E-state index in [-0.39, 0.29) is 5.78 Å². The van der Waals surface area contributed by atoms with Crippen molar-refractivity contribution in [1.82, 2.24) is 0 Å². The molecule has 0 aliphatic rings. The van der Waals surface area contributed by atoms with Crippen LogP contribution in [-0.4, -0.2) is 5.78 Å². The summed E-state index contributed by atoms with van der Waals surface area (Å²) in [6.07, 6.45) is 0.719. The quantitative estimate of drug-likeness (QED) is 0.604. The Morgan fingerprint density at radius 2 is 1.73 bits per heavy atom. The van der Waals surface area contributed by atoms with Gasteiger partial charge in [0.1, 0.15) is 5.75 Å². The zero-order valence-electron chi connectivity index (χ0n) is 13.4. The lowest BCUT2D eigenvalue weighted by Gasteiger charge is -2.15. The fraction of sp³-hybridized carbons (Fsp3) is 0.278. The Morgan fingerprint density at radius 3 is 2.27 bits per heavy atom. The molecule has 0 N–H and O–H groups in total. The molecular formula is C18H21O3P. The third kappa shape index (κ3) is 3.15. The predicted octanol–water partition coefficient (Wildman–Crippen LogP) is 4.46. The summed E-state index contributed by atoms with van der Waals surface area (Å²) in [7, 11) is -1.40. The normalized spacial score (nSPS) is 11.1. The van der Waals surface area contributed by atoms with E-state index in [2.05, 4.69) is 0 Å². The molecule has 0 fully saturated rings. The molecule has 0 aromatic heterocycles. The molecule has 0 aliphatic heterocycles. The van der Waals surface area contributed by atoms with Crippen molar-refractivity contribution in [3.8, 4) is 5.75 Å². The molecule has 22 heavy (non-hydrogen) atoms. The van der Waals surface area contributed by atoms with Crippen LogP contribution in [0.3, 0.4) is 0 Å². The Kier molecular flexibility index (Phi) is 5.20. The van der Waals surface area contributed by atoms with Crippen LogP contribution in [0.15, 0.2) is 30.3 Å². The summed E-state index contributed by atoms with van der Waals surface area (Å²) in [5, 5.41) is 0. The number of carbonyl (C=O) groups is 1. The van der Waals surface area contributed by atoms with Crippen LogP contribution in [0, 0.1) is 20.8 Å². The second-order valence-electron chi connectivity index (χ2n) is 5.46. The van der Waals surface area contributed by atoms with Gasteiger partial charge in [-0.05, 0) is 49.9 Å². The minimum Gasteiger partial charge on any atom is -0.446 e. The first-order valence-electron chi connectivity index (χ1n) is 7.34. The minimum atomic E-state index is -1.40. The van der Waals surface area contributed by atoms with Crippen LogP contribution >= 0.6 is 8.69 Å². The van der Waals surface area contributed by atoms with Gasteiger partial charge in [-0.15, -0.1) is 0 Å². The molecule has 0 spiro atoms. The van der Waals surface area contributed by atoms with E-state index >= 15 is 0 Å². The number of hydrogen-bond acceptors (Lipinski definition) is 3. The van der Waals surface area contributed by atoms with Crippen LogP contribution in [-0.2, 0) is 11.0 Å². The number of hydrogen-bond donors (Lipinski definition) is 0. The van der Waals surface area contributed by atoms with Gasteiger partial charge in [0.15, 0.2) is 5.78 Å². The van der Waals surface area contributed by atoms with Gasteiger partial charge in [-0.25, -0.2) is 0 Å². The van der Waals surface area contributed by atoms with Crippen LogP contribution in [0.25, 0.3) is 0 Å². The summed E-state index contributed by atoms with van der Waals surface area (Å²) in [4.78, 5) is 13.1. The molecule has 2 aromatic carbocycles. The van der Waals surface area contributed by atoms with E-state index in [9.17, 15) is 9.36 Å². The Morgan fingerprint density at radius 1 is 1.09 bits per heavy atom. The Balaban J connectivity index is 2.66. The van der Waals surface area contributed by atoms with E-state index in [0.717, 1.165) is 28.7 Å². The predicted molar refractivity (Wildman–Crippen MR) is 90.9 cm³/mol. The van der Waals surface area contributed by atoms with Crippen molar-refractivity contribution in [2.75, 3.05) is 0 Å². The SMILES string of the molecule is CCc1cccc(O[PH2]=O)c1C(=O)c1c(C)cc(C)cc1C. The van der Waals surface area contributed by atoms with Crippen molar-refractivity contribution >= 4 is 14.5 Å². The minimum absolute atomic E-state index is 0.0599. The lowest BCUT2D eigenvalue weighted by molar-refractivity contribution is 0.103. The van der Waals surface area contributed by atoms with Gasteiger partial charge < -0.3 is 4.52 Å². The zero-order valence-corrected chi connectivity index (χ0v) is 14.6. The van der Waals surface area contributed by atoms with E-state index in [4.69, 9.17) is 4.52 Å². The molecule has 2 rings (SSSR count). The molecule has 4 heteroatoms. The molecule has 1 atom stereocenters. The Hall–Kier alpha value is -1.86. The molecule has 0 amide bonds. The van der Waals surface area contributed by atoms with Crippen LogP contribution in [0.5, 0.6) is 5.75 Å². The first-order chi connectivity index (χ1) is 10.5. The van der Waals surface area contributed by atoms with Crippen LogP contribution in [0.4, 0.5) is 0 Å². The van der Waals surface area contributed by atoms with E-state index < -0.39 is 8.69 Å². The second-order valence-corrected chi connectivity index (χ2v) is 5.89. The molecule has 0 heterocycles. The first-order valence-corrected chi connectivity index (χ1v) is 8.28. The summed E-state index contributed by atoms with van der Waals surface area (Å²) in [6.45, 7) is 7.90. The van der Waals surface area contributed by atoms with E-state index in [1.807, 2.05) is 52.0 Å². The van der Waals surface area contributed by atoms with E-state index in [0.29, 0.717) is 16.9 Å². The molecule has 0 radical (unpaired) electrons. The van der Waals surface area contributed by atoms with Gasteiger partial charge >= 0.3 is 0 Å². The van der Waals surface area contributed by atoms with Gasteiger partial charge in [-0.2, -0.15) is 0 Å².